The van der Waals surface area contributed by atoms with Crippen molar-refractivity contribution in [2.75, 3.05) is 7.11 Å². The lowest BCUT2D eigenvalue weighted by Gasteiger charge is -2.09. The second-order valence-electron chi connectivity index (χ2n) is 2.71. The Bertz CT molecular complexity index is 401. The summed E-state index contributed by atoms with van der Waals surface area (Å²) in [6.07, 6.45) is -2.70. The van der Waals surface area contributed by atoms with E-state index in [4.69, 9.17) is 11.0 Å². The van der Waals surface area contributed by atoms with Gasteiger partial charge < -0.3 is 10.5 Å². The van der Waals surface area contributed by atoms with E-state index in [1.807, 2.05) is 0 Å². The van der Waals surface area contributed by atoms with E-state index in [0.29, 0.717) is 0 Å². The van der Waals surface area contributed by atoms with Crippen molar-refractivity contribution in [1.29, 1.82) is 5.26 Å². The van der Waals surface area contributed by atoms with Crippen molar-refractivity contribution in [3.63, 3.8) is 0 Å². The molecule has 1 rings (SSSR count). The Morgan fingerprint density at radius 3 is 2.73 bits per heavy atom. The van der Waals surface area contributed by atoms with Gasteiger partial charge in [-0.25, -0.2) is 13.8 Å². The molecule has 4 nitrogen and oxygen atoms in total. The zero-order chi connectivity index (χ0) is 11.4. The van der Waals surface area contributed by atoms with Crippen molar-refractivity contribution in [1.82, 2.24) is 4.98 Å². The maximum Gasteiger partial charge on any atom is 0.269 e. The molecule has 0 saturated heterocycles. The second-order valence-corrected chi connectivity index (χ2v) is 2.71. The molecule has 0 saturated carbocycles. The van der Waals surface area contributed by atoms with Gasteiger partial charge in [-0.2, -0.15) is 5.26 Å². The van der Waals surface area contributed by atoms with E-state index >= 15 is 0 Å². The zero-order valence-electron chi connectivity index (χ0n) is 8.00. The third-order valence-corrected chi connectivity index (χ3v) is 1.85. The summed E-state index contributed by atoms with van der Waals surface area (Å²) in [5, 5.41) is 8.69. The molecule has 0 aromatic carbocycles. The minimum Gasteiger partial charge on any atom is -0.481 e. The first-order valence-electron chi connectivity index (χ1n) is 4.10. The Balaban J connectivity index is 3.36. The van der Waals surface area contributed by atoms with Crippen LogP contribution in [0.2, 0.25) is 0 Å². The molecule has 0 aliphatic heterocycles. The first-order chi connectivity index (χ1) is 7.13. The smallest absolute Gasteiger partial charge is 0.269 e. The van der Waals surface area contributed by atoms with Crippen LogP contribution in [-0.2, 0) is 6.54 Å². The molecule has 1 aromatic heterocycles. The Morgan fingerprint density at radius 1 is 1.67 bits per heavy atom. The molecule has 0 bridgehead atoms. The predicted octanol–water partition coefficient (Wildman–Crippen LogP) is 1.36. The summed E-state index contributed by atoms with van der Waals surface area (Å²) in [6, 6.07) is 2.92. The van der Waals surface area contributed by atoms with Gasteiger partial charge in [0.2, 0.25) is 5.88 Å². The van der Waals surface area contributed by atoms with Gasteiger partial charge in [-0.3, -0.25) is 0 Å². The van der Waals surface area contributed by atoms with Crippen LogP contribution in [0, 0.1) is 11.3 Å². The number of nitriles is 1. The van der Waals surface area contributed by atoms with Crippen LogP contribution in [0.4, 0.5) is 8.78 Å². The number of alkyl halides is 2. The van der Waals surface area contributed by atoms with Gasteiger partial charge in [-0.1, -0.05) is 0 Å². The van der Waals surface area contributed by atoms with E-state index in [9.17, 15) is 8.78 Å². The summed E-state index contributed by atoms with van der Waals surface area (Å²) in [5.74, 6) is -0.237. The first kappa shape index (κ1) is 11.3. The second kappa shape index (κ2) is 4.66. The van der Waals surface area contributed by atoms with Crippen LogP contribution in [-0.4, -0.2) is 12.1 Å². The van der Waals surface area contributed by atoms with E-state index < -0.39 is 6.43 Å². The van der Waals surface area contributed by atoms with Crippen LogP contribution in [0.1, 0.15) is 23.2 Å². The number of rotatable bonds is 3. The predicted molar refractivity (Wildman–Crippen MR) is 48.4 cm³/mol. The number of pyridine rings is 1. The number of ether oxygens (including phenoxy) is 1. The normalized spacial score (nSPS) is 10.1. The van der Waals surface area contributed by atoms with Crippen LogP contribution in [0.25, 0.3) is 0 Å². The van der Waals surface area contributed by atoms with Crippen molar-refractivity contribution in [2.45, 2.75) is 13.0 Å². The van der Waals surface area contributed by atoms with Gasteiger partial charge in [-0.15, -0.1) is 0 Å². The summed E-state index contributed by atoms with van der Waals surface area (Å²) in [5.41, 5.74) is 5.26. The Labute approximate surface area is 85.3 Å². The van der Waals surface area contributed by atoms with Gasteiger partial charge >= 0.3 is 0 Å². The third kappa shape index (κ3) is 2.19. The van der Waals surface area contributed by atoms with Crippen molar-refractivity contribution < 1.29 is 13.5 Å². The van der Waals surface area contributed by atoms with Crippen LogP contribution >= 0.6 is 0 Å². The highest BCUT2D eigenvalue weighted by Gasteiger charge is 2.18. The fourth-order valence-corrected chi connectivity index (χ4v) is 1.13. The molecule has 0 spiro atoms. The minimum atomic E-state index is -2.70. The highest BCUT2D eigenvalue weighted by molar-refractivity contribution is 5.40. The summed E-state index contributed by atoms with van der Waals surface area (Å²) in [7, 11) is 1.22. The lowest BCUT2D eigenvalue weighted by molar-refractivity contribution is 0.146. The number of halogens is 2. The minimum absolute atomic E-state index is 0.0127. The number of nitrogens with zero attached hydrogens (tertiary/aromatic N) is 2. The summed E-state index contributed by atoms with van der Waals surface area (Å²) >= 11 is 0. The molecule has 0 radical (unpaired) electrons. The molecule has 0 aliphatic carbocycles. The van der Waals surface area contributed by atoms with Crippen molar-refractivity contribution in [3.8, 4) is 11.9 Å². The molecule has 0 atom stereocenters. The van der Waals surface area contributed by atoms with Gasteiger partial charge in [0, 0.05) is 12.1 Å². The largest absolute Gasteiger partial charge is 0.481 e. The highest BCUT2D eigenvalue weighted by atomic mass is 19.3. The van der Waals surface area contributed by atoms with Crippen molar-refractivity contribution in [2.24, 2.45) is 5.73 Å². The van der Waals surface area contributed by atoms with Crippen LogP contribution in [0.5, 0.6) is 5.88 Å². The summed E-state index contributed by atoms with van der Waals surface area (Å²) in [4.78, 5) is 3.66. The number of nitrogens with two attached hydrogens (primary N) is 1. The number of hydrogen-bond donors (Lipinski definition) is 1. The molecule has 80 valence electrons. The molecular weight excluding hydrogens is 204 g/mol. The van der Waals surface area contributed by atoms with E-state index in [1.54, 1.807) is 6.07 Å². The molecule has 15 heavy (non-hydrogen) atoms. The monoisotopic (exact) mass is 213 g/mol. The molecule has 0 unspecified atom stereocenters. The van der Waals surface area contributed by atoms with E-state index in [-0.39, 0.29) is 29.2 Å². The maximum atomic E-state index is 12.5. The van der Waals surface area contributed by atoms with Gasteiger partial charge in [0.1, 0.15) is 11.8 Å². The van der Waals surface area contributed by atoms with Crippen molar-refractivity contribution >= 4 is 0 Å². The molecule has 1 heterocycles. The van der Waals surface area contributed by atoms with Crippen molar-refractivity contribution in [3.05, 3.63) is 22.9 Å². The standard InChI is InChI=1S/C9H9F2N3O/c1-15-9-6(8(10)11)2-5(3-12)7(4-13)14-9/h2,8H,3,12H2,1H3. The fraction of sp³-hybridized carbons (Fsp3) is 0.333. The SMILES string of the molecule is COc1nc(C#N)c(CN)cc1C(F)F. The molecule has 0 aliphatic rings. The average Bonchev–Trinajstić information content (AvgIpc) is 2.26. The fourth-order valence-electron chi connectivity index (χ4n) is 1.13. The quantitative estimate of drug-likeness (QED) is 0.822. The summed E-state index contributed by atoms with van der Waals surface area (Å²) < 4.78 is 29.7. The number of methoxy groups -OCH3 is 1. The molecule has 0 fully saturated rings. The zero-order valence-corrected chi connectivity index (χ0v) is 8.00. The van der Waals surface area contributed by atoms with Gasteiger partial charge in [0.25, 0.3) is 6.43 Å². The average molecular weight is 213 g/mol. The Kier molecular flexibility index (Phi) is 3.52. The van der Waals surface area contributed by atoms with E-state index in [0.717, 1.165) is 6.07 Å². The van der Waals surface area contributed by atoms with Gasteiger partial charge in [-0.05, 0) is 6.07 Å². The molecular formula is C9H9F2N3O. The first-order valence-corrected chi connectivity index (χ1v) is 4.10. The molecule has 0 amide bonds. The van der Waals surface area contributed by atoms with Gasteiger partial charge in [0.15, 0.2) is 0 Å². The lowest BCUT2D eigenvalue weighted by atomic mass is 10.1. The highest BCUT2D eigenvalue weighted by Crippen LogP contribution is 2.28. The number of aromatic nitrogens is 1. The van der Waals surface area contributed by atoms with Gasteiger partial charge in [0.05, 0.1) is 12.7 Å². The molecule has 2 N–H and O–H groups in total. The Morgan fingerprint density at radius 2 is 2.33 bits per heavy atom. The molecule has 6 heteroatoms. The van der Waals surface area contributed by atoms with Crippen LogP contribution in [0.15, 0.2) is 6.07 Å². The topological polar surface area (TPSA) is 71.9 Å². The Hall–Kier alpha value is -1.74. The molecule has 1 aromatic rings. The lowest BCUT2D eigenvalue weighted by Crippen LogP contribution is -2.06. The maximum absolute atomic E-state index is 12.5. The number of hydrogen-bond acceptors (Lipinski definition) is 4. The van der Waals surface area contributed by atoms with E-state index in [2.05, 4.69) is 9.72 Å². The van der Waals surface area contributed by atoms with Crippen LogP contribution < -0.4 is 10.5 Å². The third-order valence-electron chi connectivity index (χ3n) is 1.85. The van der Waals surface area contributed by atoms with Crippen LogP contribution in [0.3, 0.4) is 0 Å². The summed E-state index contributed by atoms with van der Waals surface area (Å²) in [6.45, 7) is -0.0143. The van der Waals surface area contributed by atoms with E-state index in [1.165, 1.54) is 7.11 Å².